The molecule has 2 amide bonds. The summed E-state index contributed by atoms with van der Waals surface area (Å²) in [5.41, 5.74) is 2.27. The van der Waals surface area contributed by atoms with Gasteiger partial charge in [0.1, 0.15) is 11.6 Å². The Kier molecular flexibility index (Phi) is 10.3. The lowest BCUT2D eigenvalue weighted by Crippen LogP contribution is -2.56. The number of hydrogen-bond acceptors (Lipinski definition) is 7. The van der Waals surface area contributed by atoms with Crippen LogP contribution in [0, 0.1) is 11.8 Å². The first-order valence-corrected chi connectivity index (χ1v) is 15.0. The number of carbonyl (C=O) groups is 2. The van der Waals surface area contributed by atoms with E-state index in [1.54, 1.807) is 21.3 Å². The molecule has 4 rings (SSSR count). The maximum absolute atomic E-state index is 13.9. The molecule has 2 aromatic rings. The van der Waals surface area contributed by atoms with E-state index in [1.807, 2.05) is 50.2 Å². The fraction of sp³-hybridized carbons (Fsp3) is 0.515. The van der Waals surface area contributed by atoms with Gasteiger partial charge in [-0.2, -0.15) is 0 Å². The topological polar surface area (TPSA) is 104 Å². The quantitative estimate of drug-likeness (QED) is 0.351. The number of fused-ring (bicyclic) bond motifs is 1. The Morgan fingerprint density at radius 1 is 1.07 bits per heavy atom. The average molecular weight is 593 g/mol. The minimum Gasteiger partial charge on any atom is -0.536 e. The molecule has 3 atom stereocenters. The molecule has 0 saturated carbocycles. The Hall–Kier alpha value is -3.66. The summed E-state index contributed by atoms with van der Waals surface area (Å²) in [6, 6.07) is 10.8. The van der Waals surface area contributed by atoms with Crippen molar-refractivity contribution >= 4 is 18.9 Å². The van der Waals surface area contributed by atoms with Crippen molar-refractivity contribution in [1.29, 1.82) is 0 Å². The van der Waals surface area contributed by atoms with Gasteiger partial charge in [0.15, 0.2) is 11.5 Å². The van der Waals surface area contributed by atoms with Crippen molar-refractivity contribution in [1.82, 2.24) is 10.6 Å². The summed E-state index contributed by atoms with van der Waals surface area (Å²) < 4.78 is 28.9. The Labute approximate surface area is 255 Å². The van der Waals surface area contributed by atoms with E-state index in [-0.39, 0.29) is 23.7 Å². The molecule has 1 fully saturated rings. The fourth-order valence-electron chi connectivity index (χ4n) is 5.82. The molecular weight excluding hydrogens is 547 g/mol. The Balaban J connectivity index is 1.55. The molecule has 2 aliphatic rings. The second-order valence-electron chi connectivity index (χ2n) is 12.3. The van der Waals surface area contributed by atoms with Crippen molar-refractivity contribution in [2.45, 2.75) is 77.4 Å². The summed E-state index contributed by atoms with van der Waals surface area (Å²) in [4.78, 5) is 27.7. The number of methoxy groups -OCH3 is 3. The molecule has 1 saturated heterocycles. The first kappa shape index (κ1) is 32.3. The van der Waals surface area contributed by atoms with Crippen LogP contribution in [0.4, 0.5) is 0 Å². The molecule has 1 aliphatic heterocycles. The van der Waals surface area contributed by atoms with E-state index in [9.17, 15) is 9.59 Å². The highest BCUT2D eigenvalue weighted by molar-refractivity contribution is 6.48. The molecule has 43 heavy (non-hydrogen) atoms. The minimum absolute atomic E-state index is 0.179. The number of nitrogens with one attached hydrogen (secondary N) is 2. The Morgan fingerprint density at radius 3 is 2.35 bits per heavy atom. The van der Waals surface area contributed by atoms with Crippen molar-refractivity contribution in [3.63, 3.8) is 0 Å². The number of hydrogen-bond donors (Lipinski definition) is 2. The second kappa shape index (κ2) is 13.8. The molecule has 0 bridgehead atoms. The maximum Gasteiger partial charge on any atom is 0.549 e. The van der Waals surface area contributed by atoms with Gasteiger partial charge in [-0.3, -0.25) is 9.59 Å². The molecule has 0 spiro atoms. The van der Waals surface area contributed by atoms with Crippen molar-refractivity contribution in [3.8, 4) is 17.2 Å². The molecule has 10 heteroatoms. The van der Waals surface area contributed by atoms with Crippen molar-refractivity contribution < 1.29 is 33.1 Å². The van der Waals surface area contributed by atoms with E-state index >= 15 is 0 Å². The first-order chi connectivity index (χ1) is 20.5. The number of amides is 2. The highest BCUT2D eigenvalue weighted by Gasteiger charge is 2.47. The third kappa shape index (κ3) is 7.47. The van der Waals surface area contributed by atoms with Gasteiger partial charge in [-0.25, -0.2) is 0 Å². The largest absolute Gasteiger partial charge is 0.549 e. The summed E-state index contributed by atoms with van der Waals surface area (Å²) in [6.45, 7) is 11.9. The van der Waals surface area contributed by atoms with E-state index in [2.05, 4.69) is 31.1 Å². The van der Waals surface area contributed by atoms with Gasteiger partial charge in [0, 0.05) is 17.9 Å². The lowest BCUT2D eigenvalue weighted by molar-refractivity contribution is -0.131. The molecule has 1 heterocycles. The zero-order chi connectivity index (χ0) is 31.3. The molecule has 1 aliphatic carbocycles. The predicted molar refractivity (Wildman–Crippen MR) is 166 cm³/mol. The summed E-state index contributed by atoms with van der Waals surface area (Å²) in [5.74, 6) is 1.24. The smallest absolute Gasteiger partial charge is 0.536 e. The summed E-state index contributed by atoms with van der Waals surface area (Å²) in [7, 11) is 4.08. The third-order valence-electron chi connectivity index (χ3n) is 8.25. The summed E-state index contributed by atoms with van der Waals surface area (Å²) in [5, 5.41) is 6.23. The average Bonchev–Trinajstić information content (AvgIpc) is 3.26. The lowest BCUT2D eigenvalue weighted by atomic mass is 9.74. The van der Waals surface area contributed by atoms with Crippen molar-refractivity contribution in [2.24, 2.45) is 11.8 Å². The van der Waals surface area contributed by atoms with Crippen molar-refractivity contribution in [2.75, 3.05) is 21.3 Å². The molecule has 0 aromatic heterocycles. The lowest BCUT2D eigenvalue weighted by Gasteiger charge is -2.29. The van der Waals surface area contributed by atoms with Crippen LogP contribution in [0.3, 0.4) is 0 Å². The van der Waals surface area contributed by atoms with Gasteiger partial charge in [0.2, 0.25) is 17.6 Å². The van der Waals surface area contributed by atoms with Crippen LogP contribution in [0.25, 0.3) is 0 Å². The Bertz CT molecular complexity index is 1310. The predicted octanol–water partition coefficient (Wildman–Crippen LogP) is 4.44. The first-order valence-electron chi connectivity index (χ1n) is 15.0. The van der Waals surface area contributed by atoms with Crippen LogP contribution >= 0.6 is 0 Å². The van der Waals surface area contributed by atoms with Gasteiger partial charge in [-0.1, -0.05) is 50.8 Å². The summed E-state index contributed by atoms with van der Waals surface area (Å²) in [6.07, 6.45) is 2.74. The molecular formula is C33H45BN2O7. The van der Waals surface area contributed by atoms with Gasteiger partial charge in [0.25, 0.3) is 0 Å². The zero-order valence-corrected chi connectivity index (χ0v) is 26.5. The maximum atomic E-state index is 13.9. The van der Waals surface area contributed by atoms with E-state index in [4.69, 9.17) is 23.5 Å². The van der Waals surface area contributed by atoms with Crippen molar-refractivity contribution in [3.05, 3.63) is 65.4 Å². The minimum atomic E-state index is -0.795. The van der Waals surface area contributed by atoms with Gasteiger partial charge in [-0.15, -0.1) is 0 Å². The number of rotatable bonds is 12. The van der Waals surface area contributed by atoms with Gasteiger partial charge in [-0.05, 0) is 62.6 Å². The van der Waals surface area contributed by atoms with E-state index in [0.717, 1.165) is 16.7 Å². The number of ether oxygens (including phenoxy) is 3. The molecule has 2 unspecified atom stereocenters. The molecule has 9 nitrogen and oxygen atoms in total. The molecule has 0 radical (unpaired) electrons. The van der Waals surface area contributed by atoms with Crippen LogP contribution in [-0.2, 0) is 38.2 Å². The highest BCUT2D eigenvalue weighted by Crippen LogP contribution is 2.45. The Morgan fingerprint density at radius 2 is 1.77 bits per heavy atom. The number of aryl methyl sites for hydroxylation is 1. The van der Waals surface area contributed by atoms with E-state index < -0.39 is 24.7 Å². The molecule has 2 N–H and O–H groups in total. The van der Waals surface area contributed by atoms with Crippen LogP contribution in [0.5, 0.6) is 17.2 Å². The van der Waals surface area contributed by atoms with Crippen LogP contribution in [0.2, 0.25) is 0 Å². The highest BCUT2D eigenvalue weighted by atomic mass is 16.7. The number of benzene rings is 2. The monoisotopic (exact) mass is 592 g/mol. The second-order valence-corrected chi connectivity index (χ2v) is 12.3. The van der Waals surface area contributed by atoms with Crippen LogP contribution < -0.4 is 24.8 Å². The van der Waals surface area contributed by atoms with Crippen LogP contribution in [-0.4, -0.2) is 57.8 Å². The molecule has 232 valence electrons. The van der Waals surface area contributed by atoms with Crippen LogP contribution in [0.15, 0.2) is 48.7 Å². The zero-order valence-electron chi connectivity index (χ0n) is 26.5. The van der Waals surface area contributed by atoms with Gasteiger partial charge < -0.3 is 34.2 Å². The van der Waals surface area contributed by atoms with Gasteiger partial charge in [0.05, 0.1) is 33.0 Å². The van der Waals surface area contributed by atoms with E-state index in [0.29, 0.717) is 55.1 Å². The standard InChI is InChI=1S/C33H45BN2O7/c1-20(2)16-28(34-42-21(3)33(4,5)43-34)36-32(38)26(17-22-12-10-9-11-13-22)35-31(37)24-15-14-23-19-27(39-6)30(41-8)29(40-7)25(23)18-24/h9-13,19-20,24,26,28H,3,14-18H2,1-2,4-8H3,(H,35,37)(H,36,38)/t24?,26-,28?/m0/s1. The third-order valence-corrected chi connectivity index (χ3v) is 8.25. The SMILES string of the molecule is C=C1OB(C(CC(C)C)NC(=O)[C@H](Cc2ccccc2)NC(=O)C2CCc3cc(OC)c(OC)c(OC)c3C2)OC1(C)C. The van der Waals surface area contributed by atoms with E-state index in [1.165, 1.54) is 0 Å². The van der Waals surface area contributed by atoms with Crippen LogP contribution in [0.1, 0.15) is 57.2 Å². The fourth-order valence-corrected chi connectivity index (χ4v) is 5.82. The molecule has 2 aromatic carbocycles. The summed E-state index contributed by atoms with van der Waals surface area (Å²) >= 11 is 0. The number of carbonyl (C=O) groups excluding carboxylic acids is 2. The normalized spacial score (nSPS) is 18.7. The van der Waals surface area contributed by atoms with Gasteiger partial charge >= 0.3 is 7.12 Å².